The number of amides is 1. The minimum atomic E-state index is -0.168. The molecule has 1 aromatic heterocycles. The lowest BCUT2D eigenvalue weighted by atomic mass is 10.1. The summed E-state index contributed by atoms with van der Waals surface area (Å²) in [6.45, 7) is 2.09. The molecule has 2 aromatic rings. The second-order valence-corrected chi connectivity index (χ2v) is 3.96. The lowest BCUT2D eigenvalue weighted by Crippen LogP contribution is -2.18. The van der Waals surface area contributed by atoms with Gasteiger partial charge < -0.3 is 20.9 Å². The van der Waals surface area contributed by atoms with E-state index in [0.29, 0.717) is 35.2 Å². The maximum absolute atomic E-state index is 11.5. The molecule has 0 unspecified atom stereocenters. The highest BCUT2D eigenvalue weighted by Gasteiger charge is 2.08. The fraction of sp³-hybridized carbons (Fsp3) is 0.250. The molecule has 0 aliphatic heterocycles. The van der Waals surface area contributed by atoms with Gasteiger partial charge >= 0.3 is 0 Å². The van der Waals surface area contributed by atoms with Crippen LogP contribution in [0.3, 0.4) is 0 Å². The number of hydrogen-bond donors (Lipinski definition) is 3. The van der Waals surface area contributed by atoms with E-state index in [4.69, 9.17) is 10.3 Å². The summed E-state index contributed by atoms with van der Waals surface area (Å²) in [5.41, 5.74) is 7.58. The van der Waals surface area contributed by atoms with Gasteiger partial charge in [0.05, 0.1) is 17.9 Å². The molecule has 7 heteroatoms. The first-order valence-corrected chi connectivity index (χ1v) is 5.75. The summed E-state index contributed by atoms with van der Waals surface area (Å²) in [6.07, 6.45) is 0. The van der Waals surface area contributed by atoms with Gasteiger partial charge in [-0.05, 0) is 18.2 Å². The third-order valence-corrected chi connectivity index (χ3v) is 2.55. The van der Waals surface area contributed by atoms with Gasteiger partial charge in [0, 0.05) is 19.5 Å². The van der Waals surface area contributed by atoms with Crippen molar-refractivity contribution in [2.24, 2.45) is 0 Å². The molecular formula is C12H15N5O2. The number of rotatable bonds is 4. The zero-order chi connectivity index (χ0) is 13.8. The molecule has 2 rings (SSSR count). The number of carbonyl (C=O) groups is 1. The van der Waals surface area contributed by atoms with Crippen LogP contribution in [0.4, 0.5) is 11.4 Å². The van der Waals surface area contributed by atoms with Crippen molar-refractivity contribution in [3.63, 3.8) is 0 Å². The molecule has 100 valence electrons. The Balaban J connectivity index is 2.12. The van der Waals surface area contributed by atoms with Crippen LogP contribution >= 0.6 is 0 Å². The number of aryl methyl sites for hydroxylation is 1. The van der Waals surface area contributed by atoms with Gasteiger partial charge in [0.1, 0.15) is 0 Å². The molecule has 0 bridgehead atoms. The van der Waals surface area contributed by atoms with Crippen molar-refractivity contribution < 1.29 is 9.32 Å². The summed E-state index contributed by atoms with van der Waals surface area (Å²) in [4.78, 5) is 15.6. The molecule has 0 aliphatic carbocycles. The highest BCUT2D eigenvalue weighted by molar-refractivity contribution is 5.96. The Morgan fingerprint density at radius 2 is 2.26 bits per heavy atom. The maximum Gasteiger partial charge on any atom is 0.251 e. The van der Waals surface area contributed by atoms with Gasteiger partial charge in [-0.25, -0.2) is 0 Å². The standard InChI is InChI=1S/C12H15N5O2/c1-7-16-11(17-19-7)6-15-10-5-8(12(18)14-2)3-4-9(10)13/h3-5,15H,6,13H2,1-2H3,(H,14,18). The fourth-order valence-electron chi connectivity index (χ4n) is 1.58. The van der Waals surface area contributed by atoms with E-state index in [9.17, 15) is 4.79 Å². The molecule has 0 radical (unpaired) electrons. The molecule has 1 amide bonds. The van der Waals surface area contributed by atoms with E-state index in [1.54, 1.807) is 32.2 Å². The summed E-state index contributed by atoms with van der Waals surface area (Å²) < 4.78 is 4.87. The van der Waals surface area contributed by atoms with Crippen molar-refractivity contribution >= 4 is 17.3 Å². The summed E-state index contributed by atoms with van der Waals surface area (Å²) in [5.74, 6) is 0.865. The van der Waals surface area contributed by atoms with Crippen LogP contribution in [0.2, 0.25) is 0 Å². The third-order valence-electron chi connectivity index (χ3n) is 2.55. The summed E-state index contributed by atoms with van der Waals surface area (Å²) in [6, 6.07) is 5.02. The molecule has 0 aliphatic rings. The monoisotopic (exact) mass is 261 g/mol. The number of aromatic nitrogens is 2. The Kier molecular flexibility index (Phi) is 3.65. The van der Waals surface area contributed by atoms with Crippen LogP contribution in [0, 0.1) is 6.92 Å². The Morgan fingerprint density at radius 1 is 1.47 bits per heavy atom. The Hall–Kier alpha value is -2.57. The van der Waals surface area contributed by atoms with Crippen molar-refractivity contribution in [3.05, 3.63) is 35.5 Å². The quantitative estimate of drug-likeness (QED) is 0.707. The molecule has 7 nitrogen and oxygen atoms in total. The van der Waals surface area contributed by atoms with Gasteiger partial charge in [0.25, 0.3) is 5.91 Å². The van der Waals surface area contributed by atoms with E-state index >= 15 is 0 Å². The Labute approximate surface area is 110 Å². The Bertz CT molecular complexity index is 594. The second kappa shape index (κ2) is 5.38. The largest absolute Gasteiger partial charge is 0.397 e. The second-order valence-electron chi connectivity index (χ2n) is 3.96. The van der Waals surface area contributed by atoms with Crippen LogP contribution in [-0.2, 0) is 6.54 Å². The first-order chi connectivity index (χ1) is 9.10. The van der Waals surface area contributed by atoms with Crippen molar-refractivity contribution in [2.45, 2.75) is 13.5 Å². The van der Waals surface area contributed by atoms with Crippen molar-refractivity contribution in [1.82, 2.24) is 15.5 Å². The topological polar surface area (TPSA) is 106 Å². The van der Waals surface area contributed by atoms with Crippen LogP contribution in [0.5, 0.6) is 0 Å². The summed E-state index contributed by atoms with van der Waals surface area (Å²) >= 11 is 0. The number of hydrogen-bond acceptors (Lipinski definition) is 6. The van der Waals surface area contributed by atoms with Crippen LogP contribution in [0.1, 0.15) is 22.1 Å². The first kappa shape index (κ1) is 12.9. The number of nitrogens with two attached hydrogens (primary N) is 1. The van der Waals surface area contributed by atoms with Gasteiger partial charge in [-0.1, -0.05) is 5.16 Å². The zero-order valence-corrected chi connectivity index (χ0v) is 10.7. The van der Waals surface area contributed by atoms with Crippen LogP contribution in [-0.4, -0.2) is 23.1 Å². The minimum absolute atomic E-state index is 0.168. The van der Waals surface area contributed by atoms with Gasteiger partial charge in [0.2, 0.25) is 5.89 Å². The van der Waals surface area contributed by atoms with E-state index in [-0.39, 0.29) is 5.91 Å². The third kappa shape index (κ3) is 3.01. The van der Waals surface area contributed by atoms with Crippen LogP contribution < -0.4 is 16.4 Å². The molecule has 0 saturated heterocycles. The van der Waals surface area contributed by atoms with Crippen molar-refractivity contribution in [2.75, 3.05) is 18.1 Å². The molecule has 0 saturated carbocycles. The van der Waals surface area contributed by atoms with E-state index in [0.717, 1.165) is 0 Å². The maximum atomic E-state index is 11.5. The number of benzene rings is 1. The molecule has 4 N–H and O–H groups in total. The van der Waals surface area contributed by atoms with Crippen LogP contribution in [0.25, 0.3) is 0 Å². The molecule has 0 atom stereocenters. The normalized spacial score (nSPS) is 10.2. The number of carbonyl (C=O) groups excluding carboxylic acids is 1. The summed E-state index contributed by atoms with van der Waals surface area (Å²) in [5, 5.41) is 9.40. The number of nitrogen functional groups attached to an aromatic ring is 1. The average Bonchev–Trinajstić information content (AvgIpc) is 2.82. The van der Waals surface area contributed by atoms with Crippen molar-refractivity contribution in [3.8, 4) is 0 Å². The van der Waals surface area contributed by atoms with Gasteiger partial charge in [-0.15, -0.1) is 0 Å². The van der Waals surface area contributed by atoms with Crippen molar-refractivity contribution in [1.29, 1.82) is 0 Å². The smallest absolute Gasteiger partial charge is 0.251 e. The van der Waals surface area contributed by atoms with E-state index < -0.39 is 0 Å². The molecule has 0 fully saturated rings. The number of nitrogens with zero attached hydrogens (tertiary/aromatic N) is 2. The highest BCUT2D eigenvalue weighted by Crippen LogP contribution is 2.20. The highest BCUT2D eigenvalue weighted by atomic mass is 16.5. The first-order valence-electron chi connectivity index (χ1n) is 5.75. The van der Waals surface area contributed by atoms with E-state index in [1.165, 1.54) is 0 Å². The lowest BCUT2D eigenvalue weighted by molar-refractivity contribution is 0.0963. The number of nitrogens with one attached hydrogen (secondary N) is 2. The SMILES string of the molecule is CNC(=O)c1ccc(N)c(NCc2noc(C)n2)c1. The average molecular weight is 261 g/mol. The molecule has 19 heavy (non-hydrogen) atoms. The molecule has 1 heterocycles. The Morgan fingerprint density at radius 3 is 2.89 bits per heavy atom. The van der Waals surface area contributed by atoms with Crippen LogP contribution in [0.15, 0.2) is 22.7 Å². The zero-order valence-electron chi connectivity index (χ0n) is 10.7. The van der Waals surface area contributed by atoms with E-state index in [2.05, 4.69) is 20.8 Å². The molecule has 0 spiro atoms. The van der Waals surface area contributed by atoms with Gasteiger partial charge in [0.15, 0.2) is 5.82 Å². The summed E-state index contributed by atoms with van der Waals surface area (Å²) in [7, 11) is 1.58. The number of anilines is 2. The predicted molar refractivity (Wildman–Crippen MR) is 70.6 cm³/mol. The van der Waals surface area contributed by atoms with Gasteiger partial charge in [-0.2, -0.15) is 4.98 Å². The van der Waals surface area contributed by atoms with E-state index in [1.807, 2.05) is 0 Å². The molecule has 1 aromatic carbocycles. The fourth-order valence-corrected chi connectivity index (χ4v) is 1.58. The predicted octanol–water partition coefficient (Wildman–Crippen LogP) is 0.932. The minimum Gasteiger partial charge on any atom is -0.397 e. The van der Waals surface area contributed by atoms with Gasteiger partial charge in [-0.3, -0.25) is 4.79 Å². The lowest BCUT2D eigenvalue weighted by Gasteiger charge is -2.09. The molecular weight excluding hydrogens is 246 g/mol.